The molecule has 0 rings (SSSR count). The Balaban J connectivity index is 3.31. The van der Waals surface area contributed by atoms with Crippen LogP contribution in [0.4, 0.5) is 0 Å². The molecule has 0 fully saturated rings. The summed E-state index contributed by atoms with van der Waals surface area (Å²) in [5.41, 5.74) is 0. The minimum absolute atomic E-state index is 0.103. The predicted molar refractivity (Wildman–Crippen MR) is 81.9 cm³/mol. The van der Waals surface area contributed by atoms with Gasteiger partial charge in [0.05, 0.1) is 6.26 Å². The van der Waals surface area contributed by atoms with E-state index in [1.807, 2.05) is 6.08 Å². The normalized spacial score (nSPS) is 11.5. The first-order valence-corrected chi connectivity index (χ1v) is 7.80. The summed E-state index contributed by atoms with van der Waals surface area (Å²) < 4.78 is 5.01. The molecule has 0 spiro atoms. The monoisotopic (exact) mass is 266 g/mol. The van der Waals surface area contributed by atoms with Crippen molar-refractivity contribution < 1.29 is 9.53 Å². The highest BCUT2D eigenvalue weighted by molar-refractivity contribution is 5.69. The van der Waals surface area contributed by atoms with Gasteiger partial charge in [-0.3, -0.25) is 4.79 Å². The molecule has 0 aliphatic heterocycles. The van der Waals surface area contributed by atoms with Crippen LogP contribution in [0.5, 0.6) is 0 Å². The van der Waals surface area contributed by atoms with E-state index in [1.54, 1.807) is 6.26 Å². The molecule has 0 heterocycles. The highest BCUT2D eigenvalue weighted by Crippen LogP contribution is 2.06. The summed E-state index contributed by atoms with van der Waals surface area (Å²) >= 11 is 0. The summed E-state index contributed by atoms with van der Waals surface area (Å²) in [5.74, 6) is -0.103. The van der Waals surface area contributed by atoms with Gasteiger partial charge in [0.2, 0.25) is 0 Å². The second-order valence-electron chi connectivity index (χ2n) is 4.86. The number of allylic oxidation sites excluding steroid dienone is 3. The molecule has 0 aromatic rings. The number of esters is 1. The van der Waals surface area contributed by atoms with Crippen LogP contribution in [0.3, 0.4) is 0 Å². The summed E-state index contributed by atoms with van der Waals surface area (Å²) in [5, 5.41) is 0. The highest BCUT2D eigenvalue weighted by Gasteiger charge is 1.99. The Labute approximate surface area is 118 Å². The van der Waals surface area contributed by atoms with E-state index in [4.69, 9.17) is 4.74 Å². The van der Waals surface area contributed by atoms with Gasteiger partial charge in [0.15, 0.2) is 0 Å². The highest BCUT2D eigenvalue weighted by atomic mass is 16.5. The molecule has 0 aliphatic carbocycles. The van der Waals surface area contributed by atoms with Gasteiger partial charge in [-0.25, -0.2) is 0 Å². The fraction of sp³-hybridized carbons (Fsp3) is 0.706. The van der Waals surface area contributed by atoms with Crippen molar-refractivity contribution >= 4 is 5.97 Å². The molecule has 0 aromatic heterocycles. The second-order valence-corrected chi connectivity index (χ2v) is 4.86. The van der Waals surface area contributed by atoms with Crippen molar-refractivity contribution in [3.8, 4) is 0 Å². The molecular weight excluding hydrogens is 236 g/mol. The summed E-state index contributed by atoms with van der Waals surface area (Å²) in [6.45, 7) is 4.34. The van der Waals surface area contributed by atoms with Gasteiger partial charge in [-0.05, 0) is 44.6 Å². The largest absolute Gasteiger partial charge is 0.435 e. The summed E-state index contributed by atoms with van der Waals surface area (Å²) in [4.78, 5) is 11.4. The molecule has 0 unspecified atom stereocenters. The van der Waals surface area contributed by atoms with E-state index < -0.39 is 0 Å². The topological polar surface area (TPSA) is 26.3 Å². The maximum absolute atomic E-state index is 11.4. The number of hydrogen-bond donors (Lipinski definition) is 0. The zero-order chi connectivity index (χ0) is 14.2. The van der Waals surface area contributed by atoms with E-state index in [0.717, 1.165) is 32.1 Å². The zero-order valence-corrected chi connectivity index (χ0v) is 12.7. The van der Waals surface area contributed by atoms with Gasteiger partial charge in [-0.2, -0.15) is 0 Å². The molecule has 2 nitrogen and oxygen atoms in total. The first-order chi connectivity index (χ1) is 9.31. The number of ether oxygens (including phenoxy) is 1. The van der Waals surface area contributed by atoms with E-state index in [-0.39, 0.29) is 5.97 Å². The molecule has 0 saturated heterocycles. The van der Waals surface area contributed by atoms with Crippen molar-refractivity contribution in [1.82, 2.24) is 0 Å². The molecule has 0 atom stereocenters. The molecule has 0 aliphatic rings. The SMILES string of the molecule is CCC/C=C/CCCCCC(=O)O/C=C/CCCC. The van der Waals surface area contributed by atoms with Crippen molar-refractivity contribution in [2.24, 2.45) is 0 Å². The van der Waals surface area contributed by atoms with E-state index in [0.29, 0.717) is 6.42 Å². The van der Waals surface area contributed by atoms with Gasteiger partial charge in [-0.15, -0.1) is 0 Å². The van der Waals surface area contributed by atoms with Crippen molar-refractivity contribution in [1.29, 1.82) is 0 Å². The quantitative estimate of drug-likeness (QED) is 0.201. The average molecular weight is 266 g/mol. The lowest BCUT2D eigenvalue weighted by molar-refractivity contribution is -0.138. The zero-order valence-electron chi connectivity index (χ0n) is 12.7. The number of hydrogen-bond acceptors (Lipinski definition) is 2. The van der Waals surface area contributed by atoms with Gasteiger partial charge >= 0.3 is 5.97 Å². The fourth-order valence-corrected chi connectivity index (χ4v) is 1.68. The molecule has 19 heavy (non-hydrogen) atoms. The Kier molecular flexibility index (Phi) is 14.2. The van der Waals surface area contributed by atoms with Crippen LogP contribution >= 0.6 is 0 Å². The van der Waals surface area contributed by atoms with E-state index in [1.165, 1.54) is 25.7 Å². The van der Waals surface area contributed by atoms with Crippen LogP contribution < -0.4 is 0 Å². The molecule has 0 radical (unpaired) electrons. The van der Waals surface area contributed by atoms with Crippen LogP contribution in [0.1, 0.15) is 78.1 Å². The van der Waals surface area contributed by atoms with Gasteiger partial charge in [-0.1, -0.05) is 45.3 Å². The number of rotatable bonds is 12. The molecule has 110 valence electrons. The lowest BCUT2D eigenvalue weighted by atomic mass is 10.1. The maximum atomic E-state index is 11.4. The van der Waals surface area contributed by atoms with Gasteiger partial charge in [0, 0.05) is 6.42 Å². The average Bonchev–Trinajstić information content (AvgIpc) is 2.41. The summed E-state index contributed by atoms with van der Waals surface area (Å²) in [7, 11) is 0. The van der Waals surface area contributed by atoms with Crippen molar-refractivity contribution in [2.45, 2.75) is 78.1 Å². The van der Waals surface area contributed by atoms with Crippen LogP contribution in [0.25, 0.3) is 0 Å². The third-order valence-electron chi connectivity index (χ3n) is 2.89. The minimum Gasteiger partial charge on any atom is -0.435 e. The van der Waals surface area contributed by atoms with Crippen molar-refractivity contribution in [3.63, 3.8) is 0 Å². The molecule has 2 heteroatoms. The second kappa shape index (κ2) is 15.0. The van der Waals surface area contributed by atoms with Crippen LogP contribution in [0, 0.1) is 0 Å². The molecule has 0 saturated carbocycles. The predicted octanol–water partition coefficient (Wildman–Crippen LogP) is 5.54. The molecule has 0 amide bonds. The van der Waals surface area contributed by atoms with E-state index in [2.05, 4.69) is 26.0 Å². The lowest BCUT2D eigenvalue weighted by Crippen LogP contribution is -1.98. The van der Waals surface area contributed by atoms with Crippen LogP contribution in [0.15, 0.2) is 24.5 Å². The Morgan fingerprint density at radius 1 is 0.842 bits per heavy atom. The van der Waals surface area contributed by atoms with E-state index >= 15 is 0 Å². The van der Waals surface area contributed by atoms with E-state index in [9.17, 15) is 4.79 Å². The standard InChI is InChI=1S/C17H30O2/c1-3-5-7-9-10-11-12-13-15-17(18)19-16-14-8-6-4-2/h7,9,14,16H,3-6,8,10-13,15H2,1-2H3/b9-7+,16-14+. The Morgan fingerprint density at radius 2 is 1.58 bits per heavy atom. The smallest absolute Gasteiger partial charge is 0.310 e. The van der Waals surface area contributed by atoms with Gasteiger partial charge in [0.1, 0.15) is 0 Å². The van der Waals surface area contributed by atoms with Gasteiger partial charge in [0.25, 0.3) is 0 Å². The van der Waals surface area contributed by atoms with Crippen molar-refractivity contribution in [3.05, 3.63) is 24.5 Å². The number of carbonyl (C=O) groups excluding carboxylic acids is 1. The first-order valence-electron chi connectivity index (χ1n) is 7.80. The van der Waals surface area contributed by atoms with Crippen molar-refractivity contribution in [2.75, 3.05) is 0 Å². The third kappa shape index (κ3) is 14.9. The molecule has 0 bridgehead atoms. The van der Waals surface area contributed by atoms with Gasteiger partial charge < -0.3 is 4.74 Å². The maximum Gasteiger partial charge on any atom is 0.310 e. The molecule has 0 aromatic carbocycles. The Hall–Kier alpha value is -1.05. The lowest BCUT2D eigenvalue weighted by Gasteiger charge is -1.99. The van der Waals surface area contributed by atoms with Crippen LogP contribution in [-0.2, 0) is 9.53 Å². The Bertz CT molecular complexity index is 254. The Morgan fingerprint density at radius 3 is 2.32 bits per heavy atom. The number of carbonyl (C=O) groups is 1. The molecule has 0 N–H and O–H groups in total. The summed E-state index contributed by atoms with van der Waals surface area (Å²) in [6, 6.07) is 0. The fourth-order valence-electron chi connectivity index (χ4n) is 1.68. The van der Waals surface area contributed by atoms with Crippen LogP contribution in [-0.4, -0.2) is 5.97 Å². The number of unbranched alkanes of at least 4 members (excludes halogenated alkanes) is 6. The van der Waals surface area contributed by atoms with Crippen LogP contribution in [0.2, 0.25) is 0 Å². The summed E-state index contributed by atoms with van der Waals surface area (Å²) in [6.07, 6.45) is 18.6. The minimum atomic E-state index is -0.103. The molecular formula is C17H30O2. The third-order valence-corrected chi connectivity index (χ3v) is 2.89. The first kappa shape index (κ1) is 17.9.